The minimum absolute atomic E-state index is 0.0255. The van der Waals surface area contributed by atoms with E-state index >= 15 is 0 Å². The fraction of sp³-hybridized carbons (Fsp3) is 0.700. The van der Waals surface area contributed by atoms with Crippen LogP contribution in [0, 0.1) is 5.41 Å². The second-order valence-corrected chi connectivity index (χ2v) is 8.45. The van der Waals surface area contributed by atoms with E-state index < -0.39 is 0 Å². The van der Waals surface area contributed by atoms with Gasteiger partial charge in [0.25, 0.3) is 0 Å². The number of urea groups is 1. The van der Waals surface area contributed by atoms with Crippen molar-refractivity contribution in [2.45, 2.75) is 44.7 Å². The minimum atomic E-state index is -0.0255. The number of piperidine rings is 2. The Bertz CT molecular complexity index is 667. The molecule has 3 amide bonds. The molecule has 0 radical (unpaired) electrons. The van der Waals surface area contributed by atoms with Crippen LogP contribution in [-0.2, 0) is 11.3 Å². The number of nitrogens with one attached hydrogen (secondary N) is 1. The maximum atomic E-state index is 12.5. The lowest BCUT2D eigenvalue weighted by atomic mass is 9.72. The second kappa shape index (κ2) is 7.54. The first-order valence-corrected chi connectivity index (χ1v) is 10.1. The summed E-state index contributed by atoms with van der Waals surface area (Å²) in [5.41, 5.74) is 0.187. The number of carbonyl (C=O) groups excluding carboxylic acids is 2. The van der Waals surface area contributed by atoms with Gasteiger partial charge in [0.2, 0.25) is 5.91 Å². The summed E-state index contributed by atoms with van der Waals surface area (Å²) in [5.74, 6) is 1.08. The first-order valence-electron chi connectivity index (χ1n) is 10.1. The molecule has 3 aliphatic heterocycles. The summed E-state index contributed by atoms with van der Waals surface area (Å²) in [6, 6.07) is 4.03. The fourth-order valence-corrected chi connectivity index (χ4v) is 4.82. The van der Waals surface area contributed by atoms with Crippen molar-refractivity contribution in [2.24, 2.45) is 5.41 Å². The van der Waals surface area contributed by atoms with Crippen molar-refractivity contribution < 1.29 is 14.0 Å². The molecule has 3 aliphatic rings. The predicted octanol–water partition coefficient (Wildman–Crippen LogP) is 1.90. The number of furan rings is 1. The number of likely N-dealkylation sites (N-methyl/N-ethyl adjacent to an activating group) is 1. The first-order chi connectivity index (χ1) is 13.0. The van der Waals surface area contributed by atoms with Crippen LogP contribution in [0.3, 0.4) is 0 Å². The van der Waals surface area contributed by atoms with Crippen LogP contribution < -0.4 is 5.32 Å². The highest BCUT2D eigenvalue weighted by atomic mass is 16.3. The molecule has 3 fully saturated rings. The van der Waals surface area contributed by atoms with E-state index in [0.717, 1.165) is 64.2 Å². The van der Waals surface area contributed by atoms with Gasteiger partial charge in [-0.2, -0.15) is 0 Å². The molecule has 7 nitrogen and oxygen atoms in total. The van der Waals surface area contributed by atoms with Crippen LogP contribution in [0.25, 0.3) is 0 Å². The molecule has 1 aromatic heterocycles. The van der Waals surface area contributed by atoms with E-state index in [9.17, 15) is 9.59 Å². The van der Waals surface area contributed by atoms with Gasteiger partial charge in [-0.1, -0.05) is 0 Å². The lowest BCUT2D eigenvalue weighted by Gasteiger charge is -2.48. The summed E-state index contributed by atoms with van der Waals surface area (Å²) in [6.07, 6.45) is 6.28. The zero-order valence-electron chi connectivity index (χ0n) is 16.2. The number of amides is 3. The Morgan fingerprint density at radius 1 is 1.30 bits per heavy atom. The van der Waals surface area contributed by atoms with E-state index in [0.29, 0.717) is 24.9 Å². The average Bonchev–Trinajstić information content (AvgIpc) is 3.34. The SMILES string of the molecule is CN1CCC(N2CC3(CCC2=O)CCN(C(=O)NCc2ccco2)CC3)C1. The molecule has 1 spiro atoms. The molecule has 1 unspecified atom stereocenters. The van der Waals surface area contributed by atoms with Crippen molar-refractivity contribution in [1.29, 1.82) is 0 Å². The van der Waals surface area contributed by atoms with Gasteiger partial charge >= 0.3 is 6.03 Å². The first kappa shape index (κ1) is 18.3. The molecular formula is C20H30N4O3. The highest BCUT2D eigenvalue weighted by molar-refractivity contribution is 5.78. The van der Waals surface area contributed by atoms with Crippen LogP contribution in [0.4, 0.5) is 4.79 Å². The Morgan fingerprint density at radius 2 is 2.11 bits per heavy atom. The molecule has 0 bridgehead atoms. The molecule has 0 saturated carbocycles. The van der Waals surface area contributed by atoms with Gasteiger partial charge in [-0.05, 0) is 56.8 Å². The number of rotatable bonds is 3. The molecule has 1 atom stereocenters. The lowest BCUT2D eigenvalue weighted by molar-refractivity contribution is -0.141. The summed E-state index contributed by atoms with van der Waals surface area (Å²) >= 11 is 0. The second-order valence-electron chi connectivity index (χ2n) is 8.45. The quantitative estimate of drug-likeness (QED) is 0.877. The van der Waals surface area contributed by atoms with Crippen LogP contribution in [0.1, 0.15) is 37.9 Å². The zero-order chi connectivity index (χ0) is 18.9. The predicted molar refractivity (Wildman–Crippen MR) is 101 cm³/mol. The van der Waals surface area contributed by atoms with Crippen molar-refractivity contribution in [3.8, 4) is 0 Å². The minimum Gasteiger partial charge on any atom is -0.467 e. The van der Waals surface area contributed by atoms with Gasteiger partial charge in [0.05, 0.1) is 12.8 Å². The van der Waals surface area contributed by atoms with Gasteiger partial charge < -0.3 is 24.4 Å². The van der Waals surface area contributed by atoms with Crippen LogP contribution in [-0.4, -0.2) is 72.5 Å². The molecule has 1 N–H and O–H groups in total. The van der Waals surface area contributed by atoms with Crippen molar-refractivity contribution >= 4 is 11.9 Å². The molecule has 1 aromatic rings. The van der Waals surface area contributed by atoms with E-state index in [1.54, 1.807) is 6.26 Å². The zero-order valence-corrected chi connectivity index (χ0v) is 16.2. The van der Waals surface area contributed by atoms with Gasteiger partial charge in [-0.15, -0.1) is 0 Å². The number of nitrogens with zero attached hydrogens (tertiary/aromatic N) is 3. The summed E-state index contributed by atoms with van der Waals surface area (Å²) in [5, 5.41) is 2.93. The van der Waals surface area contributed by atoms with Gasteiger partial charge in [-0.3, -0.25) is 4.79 Å². The highest BCUT2D eigenvalue weighted by Gasteiger charge is 2.44. The summed E-state index contributed by atoms with van der Waals surface area (Å²) in [7, 11) is 2.13. The van der Waals surface area contributed by atoms with Gasteiger partial charge in [0.1, 0.15) is 5.76 Å². The Hall–Kier alpha value is -2.02. The fourth-order valence-electron chi connectivity index (χ4n) is 4.82. The molecule has 0 aromatic carbocycles. The molecule has 3 saturated heterocycles. The monoisotopic (exact) mass is 374 g/mol. The Kier molecular flexibility index (Phi) is 5.12. The number of hydrogen-bond acceptors (Lipinski definition) is 4. The highest BCUT2D eigenvalue weighted by Crippen LogP contribution is 2.41. The molecule has 27 heavy (non-hydrogen) atoms. The summed E-state index contributed by atoms with van der Waals surface area (Å²) in [6.45, 7) is 4.87. The number of likely N-dealkylation sites (tertiary alicyclic amines) is 3. The maximum absolute atomic E-state index is 12.5. The third-order valence-electron chi connectivity index (χ3n) is 6.61. The third kappa shape index (κ3) is 3.98. The van der Waals surface area contributed by atoms with Gasteiger partial charge in [0, 0.05) is 38.6 Å². The normalized spacial score (nSPS) is 26.0. The van der Waals surface area contributed by atoms with Crippen molar-refractivity contribution in [1.82, 2.24) is 20.0 Å². The van der Waals surface area contributed by atoms with Crippen molar-refractivity contribution in [3.05, 3.63) is 24.2 Å². The van der Waals surface area contributed by atoms with Crippen molar-refractivity contribution in [3.63, 3.8) is 0 Å². The molecule has 148 valence electrons. The van der Waals surface area contributed by atoms with Crippen LogP contribution in [0.5, 0.6) is 0 Å². The van der Waals surface area contributed by atoms with Crippen LogP contribution >= 0.6 is 0 Å². The largest absolute Gasteiger partial charge is 0.467 e. The number of carbonyl (C=O) groups is 2. The lowest BCUT2D eigenvalue weighted by Crippen LogP contribution is -2.56. The topological polar surface area (TPSA) is 69.0 Å². The molecule has 7 heteroatoms. The van der Waals surface area contributed by atoms with E-state index in [2.05, 4.69) is 22.2 Å². The maximum Gasteiger partial charge on any atom is 0.317 e. The Morgan fingerprint density at radius 3 is 2.78 bits per heavy atom. The van der Waals surface area contributed by atoms with Gasteiger partial charge in [0.15, 0.2) is 0 Å². The summed E-state index contributed by atoms with van der Waals surface area (Å²) < 4.78 is 5.27. The van der Waals surface area contributed by atoms with E-state index in [1.165, 1.54) is 0 Å². The summed E-state index contributed by atoms with van der Waals surface area (Å²) in [4.78, 5) is 31.3. The Balaban J connectivity index is 1.30. The smallest absolute Gasteiger partial charge is 0.317 e. The molecular weight excluding hydrogens is 344 g/mol. The molecule has 4 rings (SSSR count). The standard InChI is InChI=1S/C20H30N4O3/c1-22-9-5-16(14-22)24-15-20(6-4-18(24)25)7-10-23(11-8-20)19(26)21-13-17-3-2-12-27-17/h2-3,12,16H,4-11,13-15H2,1H3,(H,21,26). The van der Waals surface area contributed by atoms with Crippen molar-refractivity contribution in [2.75, 3.05) is 39.8 Å². The molecule has 0 aliphatic carbocycles. The van der Waals surface area contributed by atoms with Gasteiger partial charge in [-0.25, -0.2) is 4.79 Å². The van der Waals surface area contributed by atoms with E-state index in [1.807, 2.05) is 17.0 Å². The van der Waals surface area contributed by atoms with Crippen LogP contribution in [0.2, 0.25) is 0 Å². The number of hydrogen-bond donors (Lipinski definition) is 1. The van der Waals surface area contributed by atoms with E-state index in [4.69, 9.17) is 4.42 Å². The molecule has 4 heterocycles. The van der Waals surface area contributed by atoms with E-state index in [-0.39, 0.29) is 11.4 Å². The third-order valence-corrected chi connectivity index (χ3v) is 6.61. The average molecular weight is 374 g/mol. The van der Waals surface area contributed by atoms with Crippen LogP contribution in [0.15, 0.2) is 22.8 Å². The Labute approximate surface area is 160 Å².